The molecule has 5 heteroatoms. The van der Waals surface area contributed by atoms with Crippen molar-refractivity contribution >= 4 is 0 Å². The Kier molecular flexibility index (Phi) is 9.41. The minimum atomic E-state index is -0.512. The van der Waals surface area contributed by atoms with Crippen LogP contribution in [0.1, 0.15) is 46.6 Å². The van der Waals surface area contributed by atoms with Gasteiger partial charge in [-0.15, -0.1) is 0 Å². The SMILES string of the molecule is COc1ccc(CN(CCC(C)C)CC(O)COC(C)(C)C)cc1OC. The van der Waals surface area contributed by atoms with Crippen LogP contribution in [0.4, 0.5) is 0 Å². The summed E-state index contributed by atoms with van der Waals surface area (Å²) in [6.45, 7) is 13.0. The van der Waals surface area contributed by atoms with Crippen LogP contribution in [0.2, 0.25) is 0 Å². The maximum atomic E-state index is 10.4. The minimum absolute atomic E-state index is 0.243. The van der Waals surface area contributed by atoms with Gasteiger partial charge in [0.1, 0.15) is 0 Å². The maximum absolute atomic E-state index is 10.4. The summed E-state index contributed by atoms with van der Waals surface area (Å²) < 4.78 is 16.4. The van der Waals surface area contributed by atoms with E-state index in [4.69, 9.17) is 14.2 Å². The van der Waals surface area contributed by atoms with Crippen LogP contribution in [0.5, 0.6) is 11.5 Å². The average molecular weight is 368 g/mol. The quantitative estimate of drug-likeness (QED) is 0.646. The zero-order chi connectivity index (χ0) is 19.7. The van der Waals surface area contributed by atoms with Crippen LogP contribution in [0.3, 0.4) is 0 Å². The van der Waals surface area contributed by atoms with Gasteiger partial charge in [0.25, 0.3) is 0 Å². The molecule has 1 N–H and O–H groups in total. The lowest BCUT2D eigenvalue weighted by Gasteiger charge is -2.28. The molecule has 26 heavy (non-hydrogen) atoms. The fourth-order valence-corrected chi connectivity index (χ4v) is 2.61. The summed E-state index contributed by atoms with van der Waals surface area (Å²) in [6, 6.07) is 5.97. The molecule has 150 valence electrons. The molecule has 0 aliphatic rings. The van der Waals surface area contributed by atoms with Crippen LogP contribution >= 0.6 is 0 Å². The molecule has 1 rings (SSSR count). The summed E-state index contributed by atoms with van der Waals surface area (Å²) in [5, 5.41) is 10.4. The van der Waals surface area contributed by atoms with E-state index in [1.54, 1.807) is 14.2 Å². The van der Waals surface area contributed by atoms with Gasteiger partial charge in [-0.3, -0.25) is 4.90 Å². The van der Waals surface area contributed by atoms with E-state index in [-0.39, 0.29) is 5.60 Å². The van der Waals surface area contributed by atoms with E-state index in [9.17, 15) is 5.11 Å². The minimum Gasteiger partial charge on any atom is -0.493 e. The molecule has 0 radical (unpaired) electrons. The van der Waals surface area contributed by atoms with Crippen molar-refractivity contribution in [3.05, 3.63) is 23.8 Å². The van der Waals surface area contributed by atoms with Gasteiger partial charge in [-0.05, 0) is 57.4 Å². The van der Waals surface area contributed by atoms with E-state index in [1.165, 1.54) is 0 Å². The lowest BCUT2D eigenvalue weighted by atomic mass is 10.1. The zero-order valence-corrected chi connectivity index (χ0v) is 17.5. The predicted octanol–water partition coefficient (Wildman–Crippen LogP) is 3.73. The van der Waals surface area contributed by atoms with Gasteiger partial charge in [-0.25, -0.2) is 0 Å². The van der Waals surface area contributed by atoms with Crippen molar-refractivity contribution in [1.29, 1.82) is 0 Å². The summed E-state index contributed by atoms with van der Waals surface area (Å²) in [6.07, 6.45) is 0.571. The fraction of sp³-hybridized carbons (Fsp3) is 0.714. The van der Waals surface area contributed by atoms with E-state index in [1.807, 2.05) is 39.0 Å². The first-order chi connectivity index (χ1) is 12.1. The molecule has 5 nitrogen and oxygen atoms in total. The normalized spacial score (nSPS) is 13.3. The highest BCUT2D eigenvalue weighted by atomic mass is 16.5. The van der Waals surface area contributed by atoms with Gasteiger partial charge >= 0.3 is 0 Å². The third kappa shape index (κ3) is 8.88. The first-order valence-corrected chi connectivity index (χ1v) is 9.40. The van der Waals surface area contributed by atoms with Crippen LogP contribution < -0.4 is 9.47 Å². The van der Waals surface area contributed by atoms with Crippen molar-refractivity contribution in [1.82, 2.24) is 4.90 Å². The first kappa shape index (κ1) is 22.7. The zero-order valence-electron chi connectivity index (χ0n) is 17.5. The molecular weight excluding hydrogens is 330 g/mol. The Morgan fingerprint density at radius 1 is 1.08 bits per heavy atom. The Balaban J connectivity index is 2.76. The van der Waals surface area contributed by atoms with E-state index < -0.39 is 6.10 Å². The summed E-state index contributed by atoms with van der Waals surface area (Å²) in [5.41, 5.74) is 0.892. The molecule has 0 bridgehead atoms. The van der Waals surface area contributed by atoms with E-state index in [2.05, 4.69) is 18.7 Å². The summed E-state index contributed by atoms with van der Waals surface area (Å²) in [4.78, 5) is 2.28. The molecule has 0 saturated heterocycles. The summed E-state index contributed by atoms with van der Waals surface area (Å²) >= 11 is 0. The van der Waals surface area contributed by atoms with Gasteiger partial charge in [-0.1, -0.05) is 19.9 Å². The summed E-state index contributed by atoms with van der Waals surface area (Å²) in [7, 11) is 3.28. The second-order valence-corrected chi connectivity index (χ2v) is 8.18. The molecule has 0 spiro atoms. The maximum Gasteiger partial charge on any atom is 0.161 e. The molecule has 1 atom stereocenters. The van der Waals surface area contributed by atoms with Crippen molar-refractivity contribution in [2.75, 3.05) is 33.9 Å². The molecule has 0 fully saturated rings. The van der Waals surface area contributed by atoms with Crippen LogP contribution in [-0.4, -0.2) is 55.6 Å². The Morgan fingerprint density at radius 3 is 2.27 bits per heavy atom. The van der Waals surface area contributed by atoms with Crippen LogP contribution in [0.15, 0.2) is 18.2 Å². The Morgan fingerprint density at radius 2 is 1.73 bits per heavy atom. The smallest absolute Gasteiger partial charge is 0.161 e. The number of hydrogen-bond acceptors (Lipinski definition) is 5. The molecular formula is C21H37NO4. The molecule has 1 unspecified atom stereocenters. The molecule has 1 aromatic carbocycles. The van der Waals surface area contributed by atoms with Crippen molar-refractivity contribution in [3.63, 3.8) is 0 Å². The number of hydrogen-bond donors (Lipinski definition) is 1. The molecule has 0 amide bonds. The highest BCUT2D eigenvalue weighted by Crippen LogP contribution is 2.28. The number of nitrogens with zero attached hydrogens (tertiary/aromatic N) is 1. The Labute approximate surface area is 159 Å². The summed E-state index contributed by atoms with van der Waals surface area (Å²) in [5.74, 6) is 2.07. The van der Waals surface area contributed by atoms with Gasteiger partial charge in [0.05, 0.1) is 32.5 Å². The largest absolute Gasteiger partial charge is 0.493 e. The Bertz CT molecular complexity index is 525. The van der Waals surface area contributed by atoms with Crippen molar-refractivity contribution in [2.24, 2.45) is 5.92 Å². The number of aliphatic hydroxyl groups is 1. The second-order valence-electron chi connectivity index (χ2n) is 8.18. The van der Waals surface area contributed by atoms with Gasteiger partial charge < -0.3 is 19.3 Å². The molecule has 0 aliphatic carbocycles. The third-order valence-corrected chi connectivity index (χ3v) is 4.05. The molecule has 1 aromatic rings. The second kappa shape index (κ2) is 10.8. The number of benzene rings is 1. The highest BCUT2D eigenvalue weighted by Gasteiger charge is 2.17. The lowest BCUT2D eigenvalue weighted by molar-refractivity contribution is -0.0568. The predicted molar refractivity (Wildman–Crippen MR) is 106 cm³/mol. The average Bonchev–Trinajstić information content (AvgIpc) is 2.57. The van der Waals surface area contributed by atoms with Crippen LogP contribution in [0, 0.1) is 5.92 Å². The first-order valence-electron chi connectivity index (χ1n) is 9.40. The van der Waals surface area contributed by atoms with Gasteiger partial charge in [0, 0.05) is 13.1 Å². The van der Waals surface area contributed by atoms with Crippen LogP contribution in [-0.2, 0) is 11.3 Å². The van der Waals surface area contributed by atoms with Gasteiger partial charge in [0.15, 0.2) is 11.5 Å². The van der Waals surface area contributed by atoms with Gasteiger partial charge in [-0.2, -0.15) is 0 Å². The number of aliphatic hydroxyl groups excluding tert-OH is 1. The van der Waals surface area contributed by atoms with Gasteiger partial charge in [0.2, 0.25) is 0 Å². The lowest BCUT2D eigenvalue weighted by Crippen LogP contribution is -2.37. The van der Waals surface area contributed by atoms with E-state index in [0.29, 0.717) is 19.1 Å². The third-order valence-electron chi connectivity index (χ3n) is 4.05. The standard InChI is InChI=1S/C21H37NO4/c1-16(2)10-11-22(14-18(23)15-26-21(3,4)5)13-17-8-9-19(24-6)20(12-17)25-7/h8-9,12,16,18,23H,10-11,13-15H2,1-7H3. The molecule has 0 aliphatic heterocycles. The fourth-order valence-electron chi connectivity index (χ4n) is 2.61. The van der Waals surface area contributed by atoms with Crippen molar-refractivity contribution in [2.45, 2.75) is 59.3 Å². The number of methoxy groups -OCH3 is 2. The van der Waals surface area contributed by atoms with E-state index in [0.717, 1.165) is 36.6 Å². The van der Waals surface area contributed by atoms with Crippen LogP contribution in [0.25, 0.3) is 0 Å². The van der Waals surface area contributed by atoms with Crippen molar-refractivity contribution in [3.8, 4) is 11.5 Å². The molecule has 0 saturated carbocycles. The van der Waals surface area contributed by atoms with E-state index >= 15 is 0 Å². The Hall–Kier alpha value is -1.30. The molecule has 0 aromatic heterocycles. The highest BCUT2D eigenvalue weighted by molar-refractivity contribution is 5.42. The number of ether oxygens (including phenoxy) is 3. The monoisotopic (exact) mass is 367 g/mol. The molecule has 0 heterocycles. The van der Waals surface area contributed by atoms with Crippen molar-refractivity contribution < 1.29 is 19.3 Å². The topological polar surface area (TPSA) is 51.2 Å². The number of rotatable bonds is 11.